The molecule has 24 heavy (non-hydrogen) atoms. The van der Waals surface area contributed by atoms with Crippen molar-refractivity contribution in [2.24, 2.45) is 7.05 Å². The summed E-state index contributed by atoms with van der Waals surface area (Å²) >= 11 is 0. The van der Waals surface area contributed by atoms with Crippen molar-refractivity contribution in [1.82, 2.24) is 14.8 Å². The molecule has 1 amide bonds. The molecule has 0 saturated carbocycles. The largest absolute Gasteiger partial charge is 0.367 e. The molecule has 1 heterocycles. The van der Waals surface area contributed by atoms with Gasteiger partial charge in [0.15, 0.2) is 11.9 Å². The van der Waals surface area contributed by atoms with E-state index in [1.807, 2.05) is 60.7 Å². The lowest BCUT2D eigenvalue weighted by Crippen LogP contribution is -2.24. The van der Waals surface area contributed by atoms with E-state index in [4.69, 9.17) is 4.74 Å². The Hall–Kier alpha value is -2.99. The summed E-state index contributed by atoms with van der Waals surface area (Å²) in [5.41, 5.74) is 1.67. The Morgan fingerprint density at radius 1 is 1.08 bits per heavy atom. The number of ether oxygens (including phenoxy) is 1. The third-order valence-electron chi connectivity index (χ3n) is 3.61. The molecule has 122 valence electrons. The average molecular weight is 322 g/mol. The van der Waals surface area contributed by atoms with Gasteiger partial charge in [0.05, 0.1) is 0 Å². The fourth-order valence-electron chi connectivity index (χ4n) is 2.40. The number of hydrogen-bond donors (Lipinski definition) is 1. The Morgan fingerprint density at radius 2 is 1.71 bits per heavy atom. The van der Waals surface area contributed by atoms with Gasteiger partial charge in [0, 0.05) is 19.7 Å². The van der Waals surface area contributed by atoms with Gasteiger partial charge in [0.2, 0.25) is 5.95 Å². The number of nitrogens with zero attached hydrogens (tertiary/aromatic N) is 3. The molecule has 0 spiro atoms. The maximum Gasteiger partial charge on any atom is 0.260 e. The Bertz CT molecular complexity index is 816. The van der Waals surface area contributed by atoms with E-state index in [0.717, 1.165) is 11.1 Å². The smallest absolute Gasteiger partial charge is 0.260 e. The van der Waals surface area contributed by atoms with Gasteiger partial charge in [-0.15, -0.1) is 5.10 Å². The van der Waals surface area contributed by atoms with Crippen LogP contribution in [-0.2, 0) is 16.6 Å². The summed E-state index contributed by atoms with van der Waals surface area (Å²) in [6.07, 6.45) is -0.705. The van der Waals surface area contributed by atoms with Crippen LogP contribution in [0.15, 0.2) is 60.7 Å². The van der Waals surface area contributed by atoms with Crippen LogP contribution in [0.1, 0.15) is 11.7 Å². The Kier molecular flexibility index (Phi) is 4.67. The Morgan fingerprint density at radius 3 is 2.33 bits per heavy atom. The van der Waals surface area contributed by atoms with Crippen LogP contribution < -0.4 is 5.32 Å². The molecule has 6 nitrogen and oxygen atoms in total. The molecular formula is C18H18N4O2. The van der Waals surface area contributed by atoms with Gasteiger partial charge < -0.3 is 4.74 Å². The third kappa shape index (κ3) is 3.33. The highest BCUT2D eigenvalue weighted by Crippen LogP contribution is 2.20. The van der Waals surface area contributed by atoms with Crippen molar-refractivity contribution >= 4 is 11.9 Å². The number of carbonyl (C=O) groups is 1. The van der Waals surface area contributed by atoms with Gasteiger partial charge in [-0.25, -0.2) is 4.68 Å². The summed E-state index contributed by atoms with van der Waals surface area (Å²) in [5.74, 6) is 0.637. The first kappa shape index (κ1) is 15.9. The molecule has 0 aliphatic carbocycles. The van der Waals surface area contributed by atoms with Gasteiger partial charge in [-0.3, -0.25) is 10.1 Å². The van der Waals surface area contributed by atoms with Gasteiger partial charge in [-0.1, -0.05) is 60.7 Å². The number of aryl methyl sites for hydroxylation is 1. The topological polar surface area (TPSA) is 69.0 Å². The summed E-state index contributed by atoms with van der Waals surface area (Å²) < 4.78 is 6.87. The monoisotopic (exact) mass is 322 g/mol. The number of carbonyl (C=O) groups excluding carboxylic acids is 1. The Labute approximate surface area is 140 Å². The fourth-order valence-corrected chi connectivity index (χ4v) is 2.40. The van der Waals surface area contributed by atoms with Crippen LogP contribution in [0.2, 0.25) is 0 Å². The van der Waals surface area contributed by atoms with E-state index >= 15 is 0 Å². The zero-order valence-electron chi connectivity index (χ0n) is 13.5. The summed E-state index contributed by atoms with van der Waals surface area (Å²) in [6.45, 7) is 0. The predicted molar refractivity (Wildman–Crippen MR) is 91.3 cm³/mol. The van der Waals surface area contributed by atoms with Crippen molar-refractivity contribution in [2.45, 2.75) is 6.10 Å². The molecular weight excluding hydrogens is 304 g/mol. The second kappa shape index (κ2) is 7.06. The van der Waals surface area contributed by atoms with E-state index in [1.54, 1.807) is 7.05 Å². The van der Waals surface area contributed by atoms with E-state index in [-0.39, 0.29) is 5.91 Å². The zero-order valence-corrected chi connectivity index (χ0v) is 13.5. The number of anilines is 1. The van der Waals surface area contributed by atoms with Crippen LogP contribution in [-0.4, -0.2) is 27.8 Å². The lowest BCUT2D eigenvalue weighted by molar-refractivity contribution is -0.126. The van der Waals surface area contributed by atoms with Crippen molar-refractivity contribution in [1.29, 1.82) is 0 Å². The van der Waals surface area contributed by atoms with Crippen LogP contribution in [0.3, 0.4) is 0 Å². The van der Waals surface area contributed by atoms with Crippen molar-refractivity contribution in [3.63, 3.8) is 0 Å². The minimum absolute atomic E-state index is 0.293. The highest BCUT2D eigenvalue weighted by molar-refractivity contribution is 5.93. The molecule has 1 aromatic heterocycles. The van der Waals surface area contributed by atoms with E-state index in [2.05, 4.69) is 15.4 Å². The lowest BCUT2D eigenvalue weighted by Gasteiger charge is -2.14. The SMILES string of the molecule is COC(C(=O)Nc1nc(-c2ccccc2)nn1C)c1ccccc1. The second-order valence-electron chi connectivity index (χ2n) is 5.26. The van der Waals surface area contributed by atoms with Crippen LogP contribution in [0.5, 0.6) is 0 Å². The van der Waals surface area contributed by atoms with Gasteiger partial charge in [0.1, 0.15) is 0 Å². The van der Waals surface area contributed by atoms with E-state index in [9.17, 15) is 4.79 Å². The lowest BCUT2D eigenvalue weighted by atomic mass is 10.1. The van der Waals surface area contributed by atoms with Gasteiger partial charge in [-0.2, -0.15) is 4.98 Å². The molecule has 1 atom stereocenters. The molecule has 0 aliphatic heterocycles. The molecule has 0 bridgehead atoms. The van der Waals surface area contributed by atoms with E-state index < -0.39 is 6.10 Å². The molecule has 0 saturated heterocycles. The van der Waals surface area contributed by atoms with E-state index in [0.29, 0.717) is 11.8 Å². The summed E-state index contributed by atoms with van der Waals surface area (Å²) in [6, 6.07) is 18.9. The highest BCUT2D eigenvalue weighted by atomic mass is 16.5. The van der Waals surface area contributed by atoms with Gasteiger partial charge in [-0.05, 0) is 5.56 Å². The summed E-state index contributed by atoms with van der Waals surface area (Å²) in [4.78, 5) is 16.9. The highest BCUT2D eigenvalue weighted by Gasteiger charge is 2.22. The first-order valence-electron chi connectivity index (χ1n) is 7.54. The second-order valence-corrected chi connectivity index (χ2v) is 5.26. The van der Waals surface area contributed by atoms with Gasteiger partial charge in [0.25, 0.3) is 5.91 Å². The first-order valence-corrected chi connectivity index (χ1v) is 7.54. The first-order chi connectivity index (χ1) is 11.7. The summed E-state index contributed by atoms with van der Waals surface area (Å²) in [5, 5.41) is 7.12. The molecule has 2 aromatic carbocycles. The number of hydrogen-bond acceptors (Lipinski definition) is 4. The van der Waals surface area contributed by atoms with Crippen LogP contribution >= 0.6 is 0 Å². The van der Waals surface area contributed by atoms with Crippen LogP contribution in [0, 0.1) is 0 Å². The van der Waals surface area contributed by atoms with Crippen molar-refractivity contribution < 1.29 is 9.53 Å². The van der Waals surface area contributed by atoms with E-state index in [1.165, 1.54) is 11.8 Å². The fraction of sp³-hybridized carbons (Fsp3) is 0.167. The molecule has 0 radical (unpaired) electrons. The third-order valence-corrected chi connectivity index (χ3v) is 3.61. The number of nitrogens with one attached hydrogen (secondary N) is 1. The quantitative estimate of drug-likeness (QED) is 0.784. The molecule has 6 heteroatoms. The number of rotatable bonds is 5. The molecule has 0 aliphatic rings. The minimum atomic E-state index is -0.705. The molecule has 0 fully saturated rings. The molecule has 1 unspecified atom stereocenters. The normalized spacial score (nSPS) is 11.9. The maximum absolute atomic E-state index is 12.5. The molecule has 3 aromatic rings. The number of aromatic nitrogens is 3. The molecule has 3 rings (SSSR count). The summed E-state index contributed by atoms with van der Waals surface area (Å²) in [7, 11) is 3.24. The molecule has 1 N–H and O–H groups in total. The minimum Gasteiger partial charge on any atom is -0.367 e. The maximum atomic E-state index is 12.5. The number of methoxy groups -OCH3 is 1. The standard InChI is InChI=1S/C18H18N4O2/c1-22-18(19-16(21-22)14-11-7-4-8-12-14)20-17(23)15(24-2)13-9-5-3-6-10-13/h3-12,15H,1-2H3,(H,19,20,21,23). The van der Waals surface area contributed by atoms with Crippen molar-refractivity contribution in [2.75, 3.05) is 12.4 Å². The number of amides is 1. The Balaban J connectivity index is 1.81. The van der Waals surface area contributed by atoms with Crippen molar-refractivity contribution in [3.05, 3.63) is 66.2 Å². The van der Waals surface area contributed by atoms with Gasteiger partial charge >= 0.3 is 0 Å². The predicted octanol–water partition coefficient (Wildman–Crippen LogP) is 2.81. The van der Waals surface area contributed by atoms with Crippen LogP contribution in [0.25, 0.3) is 11.4 Å². The van der Waals surface area contributed by atoms with Crippen LogP contribution in [0.4, 0.5) is 5.95 Å². The number of benzene rings is 2. The van der Waals surface area contributed by atoms with Crippen molar-refractivity contribution in [3.8, 4) is 11.4 Å². The average Bonchev–Trinajstić information content (AvgIpc) is 2.98. The zero-order chi connectivity index (χ0) is 16.9.